The van der Waals surface area contributed by atoms with Crippen molar-refractivity contribution >= 4 is 27.8 Å². The van der Waals surface area contributed by atoms with Crippen molar-refractivity contribution in [2.24, 2.45) is 5.10 Å². The molecule has 9 nitrogen and oxygen atoms in total. The van der Waals surface area contributed by atoms with Gasteiger partial charge in [0.1, 0.15) is 17.9 Å². The Balaban J connectivity index is 1.60. The lowest BCUT2D eigenvalue weighted by Gasteiger charge is -2.26. The van der Waals surface area contributed by atoms with Crippen molar-refractivity contribution in [3.8, 4) is 11.3 Å². The van der Waals surface area contributed by atoms with Crippen LogP contribution in [0.5, 0.6) is 0 Å². The Morgan fingerprint density at radius 3 is 2.72 bits per heavy atom. The predicted molar refractivity (Wildman–Crippen MR) is 108 cm³/mol. The van der Waals surface area contributed by atoms with E-state index in [0.717, 1.165) is 0 Å². The van der Waals surface area contributed by atoms with E-state index >= 15 is 0 Å². The Morgan fingerprint density at radius 1 is 1.21 bits per heavy atom. The maximum Gasteiger partial charge on any atom is 0.264 e. The van der Waals surface area contributed by atoms with Gasteiger partial charge in [-0.3, -0.25) is 18.8 Å². The third-order valence-electron chi connectivity index (χ3n) is 4.64. The molecule has 0 spiro atoms. The number of fused-ring (bicyclic) bond motifs is 3. The molecule has 10 heteroatoms. The summed E-state index contributed by atoms with van der Waals surface area (Å²) in [5, 5.41) is 8.39. The number of aromatic nitrogens is 3. The fourth-order valence-corrected chi connectivity index (χ4v) is 4.65. The van der Waals surface area contributed by atoms with Crippen LogP contribution in [-0.2, 0) is 21.4 Å². The number of hydrogen-bond acceptors (Lipinski definition) is 6. The molecule has 0 bridgehead atoms. The van der Waals surface area contributed by atoms with Crippen molar-refractivity contribution in [3.05, 3.63) is 60.0 Å². The lowest BCUT2D eigenvalue weighted by Crippen LogP contribution is -2.30. The molecule has 1 N–H and O–H groups in total. The van der Waals surface area contributed by atoms with Gasteiger partial charge >= 0.3 is 0 Å². The number of sulfonamides is 1. The molecule has 0 saturated carbocycles. The van der Waals surface area contributed by atoms with Crippen LogP contribution in [0.25, 0.3) is 11.3 Å². The smallest absolute Gasteiger partial charge is 0.264 e. The van der Waals surface area contributed by atoms with Crippen LogP contribution >= 0.6 is 0 Å². The van der Waals surface area contributed by atoms with Gasteiger partial charge in [0.2, 0.25) is 0 Å². The summed E-state index contributed by atoms with van der Waals surface area (Å²) in [5.41, 5.74) is 5.14. The first kappa shape index (κ1) is 18.8. The van der Waals surface area contributed by atoms with Crippen molar-refractivity contribution in [1.29, 1.82) is 0 Å². The normalized spacial score (nSPS) is 14.5. The highest BCUT2D eigenvalue weighted by Crippen LogP contribution is 2.43. The van der Waals surface area contributed by atoms with Crippen LogP contribution in [-0.4, -0.2) is 42.4 Å². The maximum absolute atomic E-state index is 12.8. The van der Waals surface area contributed by atoms with Crippen LogP contribution in [0.15, 0.2) is 58.7 Å². The number of carbonyl (C=O) groups excluding carboxylic acids is 1. The minimum Gasteiger partial charge on any atom is -0.271 e. The van der Waals surface area contributed by atoms with Crippen molar-refractivity contribution < 1.29 is 13.2 Å². The SMILES string of the molecule is Cc1c2c(nn1CC(=O)N/N=C/c1ccccn1)-c1ccccc1S(=O)(=O)N2C. The van der Waals surface area contributed by atoms with Gasteiger partial charge in [-0.1, -0.05) is 24.3 Å². The van der Waals surface area contributed by atoms with Gasteiger partial charge in [0.25, 0.3) is 15.9 Å². The van der Waals surface area contributed by atoms with Gasteiger partial charge in [0.05, 0.1) is 22.5 Å². The third-order valence-corrected chi connectivity index (χ3v) is 6.45. The van der Waals surface area contributed by atoms with E-state index in [2.05, 4.69) is 20.6 Å². The summed E-state index contributed by atoms with van der Waals surface area (Å²) in [7, 11) is -2.18. The molecule has 3 heterocycles. The molecule has 0 aliphatic carbocycles. The fraction of sp³-hybridized carbons (Fsp3) is 0.158. The molecule has 148 valence electrons. The van der Waals surface area contributed by atoms with Gasteiger partial charge in [-0.25, -0.2) is 13.8 Å². The van der Waals surface area contributed by atoms with Crippen LogP contribution in [0.1, 0.15) is 11.4 Å². The highest BCUT2D eigenvalue weighted by molar-refractivity contribution is 7.93. The van der Waals surface area contributed by atoms with E-state index < -0.39 is 10.0 Å². The van der Waals surface area contributed by atoms with Crippen molar-refractivity contribution in [2.75, 3.05) is 11.4 Å². The summed E-state index contributed by atoms with van der Waals surface area (Å²) in [5.74, 6) is -0.390. The molecule has 0 fully saturated rings. The van der Waals surface area contributed by atoms with Crippen LogP contribution in [0, 0.1) is 6.92 Å². The highest BCUT2D eigenvalue weighted by Gasteiger charge is 2.36. The second kappa shape index (κ2) is 7.13. The molecule has 0 atom stereocenters. The molecule has 0 saturated heterocycles. The monoisotopic (exact) mass is 410 g/mol. The number of carbonyl (C=O) groups is 1. The molecule has 1 aliphatic rings. The Morgan fingerprint density at radius 2 is 1.97 bits per heavy atom. The number of hydrogen-bond donors (Lipinski definition) is 1. The Hall–Kier alpha value is -3.53. The van der Waals surface area contributed by atoms with E-state index in [1.165, 1.54) is 22.2 Å². The number of hydrazone groups is 1. The number of pyridine rings is 1. The predicted octanol–water partition coefficient (Wildman–Crippen LogP) is 1.54. The molecule has 1 aliphatic heterocycles. The second-order valence-corrected chi connectivity index (χ2v) is 8.39. The Bertz CT molecular complexity index is 1220. The molecule has 0 unspecified atom stereocenters. The summed E-state index contributed by atoms with van der Waals surface area (Å²) in [6.07, 6.45) is 3.07. The van der Waals surface area contributed by atoms with E-state index in [4.69, 9.17) is 0 Å². The number of rotatable bonds is 4. The Kier molecular flexibility index (Phi) is 4.63. The molecule has 29 heavy (non-hydrogen) atoms. The first-order valence-corrected chi connectivity index (χ1v) is 10.2. The summed E-state index contributed by atoms with van der Waals surface area (Å²) in [4.78, 5) is 16.6. The summed E-state index contributed by atoms with van der Waals surface area (Å²) in [6, 6.07) is 12.1. The topological polar surface area (TPSA) is 110 Å². The van der Waals surface area contributed by atoms with Crippen LogP contribution in [0.3, 0.4) is 0 Å². The van der Waals surface area contributed by atoms with Gasteiger partial charge in [0.15, 0.2) is 0 Å². The number of benzene rings is 1. The number of nitrogens with zero attached hydrogens (tertiary/aromatic N) is 5. The minimum atomic E-state index is -3.67. The first-order valence-electron chi connectivity index (χ1n) is 8.78. The molecule has 4 rings (SSSR count). The summed E-state index contributed by atoms with van der Waals surface area (Å²) < 4.78 is 28.3. The van der Waals surface area contributed by atoms with Crippen LogP contribution < -0.4 is 9.73 Å². The molecule has 3 aromatic rings. The third kappa shape index (κ3) is 3.27. The van der Waals surface area contributed by atoms with Gasteiger partial charge < -0.3 is 0 Å². The van der Waals surface area contributed by atoms with Crippen LogP contribution in [0.4, 0.5) is 5.69 Å². The van der Waals surface area contributed by atoms with Gasteiger partial charge in [-0.05, 0) is 25.1 Å². The largest absolute Gasteiger partial charge is 0.271 e. The lowest BCUT2D eigenvalue weighted by atomic mass is 10.1. The minimum absolute atomic E-state index is 0.103. The molecular formula is C19H18N6O3S. The van der Waals surface area contributed by atoms with Crippen molar-refractivity contribution in [3.63, 3.8) is 0 Å². The van der Waals surface area contributed by atoms with E-state index in [1.54, 1.807) is 49.5 Å². The lowest BCUT2D eigenvalue weighted by molar-refractivity contribution is -0.121. The zero-order valence-electron chi connectivity index (χ0n) is 15.8. The number of amides is 1. The van der Waals surface area contributed by atoms with E-state index in [0.29, 0.717) is 28.3 Å². The molecular weight excluding hydrogens is 392 g/mol. The van der Waals surface area contributed by atoms with E-state index in [-0.39, 0.29) is 17.3 Å². The maximum atomic E-state index is 12.8. The second-order valence-electron chi connectivity index (χ2n) is 6.46. The number of anilines is 1. The zero-order chi connectivity index (χ0) is 20.6. The molecule has 1 amide bonds. The Labute approximate surface area is 167 Å². The van der Waals surface area contributed by atoms with Crippen molar-refractivity contribution in [1.82, 2.24) is 20.2 Å². The molecule has 0 radical (unpaired) electrons. The average molecular weight is 410 g/mol. The van der Waals surface area contributed by atoms with E-state index in [9.17, 15) is 13.2 Å². The fourth-order valence-electron chi connectivity index (χ4n) is 3.20. The van der Waals surface area contributed by atoms with E-state index in [1.807, 2.05) is 6.07 Å². The summed E-state index contributed by atoms with van der Waals surface area (Å²) in [6.45, 7) is 1.63. The highest BCUT2D eigenvalue weighted by atomic mass is 32.2. The van der Waals surface area contributed by atoms with Gasteiger partial charge in [-0.2, -0.15) is 10.2 Å². The molecule has 1 aromatic carbocycles. The van der Waals surface area contributed by atoms with Crippen molar-refractivity contribution in [2.45, 2.75) is 18.4 Å². The average Bonchev–Trinajstić information content (AvgIpc) is 3.03. The zero-order valence-corrected chi connectivity index (χ0v) is 16.6. The van der Waals surface area contributed by atoms with Crippen LogP contribution in [0.2, 0.25) is 0 Å². The molecule has 2 aromatic heterocycles. The van der Waals surface area contributed by atoms with Gasteiger partial charge in [0, 0.05) is 18.8 Å². The quantitative estimate of drug-likeness (QED) is 0.518. The summed E-state index contributed by atoms with van der Waals surface area (Å²) >= 11 is 0. The number of nitrogens with one attached hydrogen (secondary N) is 1. The standard InChI is InChI=1S/C19H18N6O3S/c1-13-19-18(15-8-3-4-9-16(15)29(27,28)24(19)2)23-25(13)12-17(26)22-21-11-14-7-5-6-10-20-14/h3-11H,12H2,1-2H3,(H,22,26)/b21-11+. The van der Waals surface area contributed by atoms with Gasteiger partial charge in [-0.15, -0.1) is 0 Å². The first-order chi connectivity index (χ1) is 13.9.